The van der Waals surface area contributed by atoms with Gasteiger partial charge >= 0.3 is 0 Å². The minimum Gasteiger partial charge on any atom is -0.332 e. The van der Waals surface area contributed by atoms with Crippen molar-refractivity contribution in [3.8, 4) is 0 Å². The summed E-state index contributed by atoms with van der Waals surface area (Å²) in [6, 6.07) is 14.0. The molecule has 2 N–H and O–H groups in total. The Morgan fingerprint density at radius 1 is 1.04 bits per heavy atom. The molecule has 0 bridgehead atoms. The van der Waals surface area contributed by atoms with E-state index in [1.165, 1.54) is 10.7 Å². The Kier molecular flexibility index (Phi) is 5.53. The first-order chi connectivity index (χ1) is 12.0. The lowest BCUT2D eigenvalue weighted by atomic mass is 10.2. The molecule has 4 nitrogen and oxygen atoms in total. The van der Waals surface area contributed by atoms with Gasteiger partial charge in [-0.2, -0.15) is 5.10 Å². The summed E-state index contributed by atoms with van der Waals surface area (Å²) in [5.41, 5.74) is 1.19. The smallest absolute Gasteiger partial charge is 0.176 e. The van der Waals surface area contributed by atoms with Gasteiger partial charge < -0.3 is 10.6 Å². The first-order valence-corrected chi connectivity index (χ1v) is 8.48. The first-order valence-electron chi connectivity index (χ1n) is 7.32. The van der Waals surface area contributed by atoms with Crippen LogP contribution in [0.15, 0.2) is 54.7 Å². The van der Waals surface area contributed by atoms with E-state index in [0.29, 0.717) is 26.5 Å². The third kappa shape index (κ3) is 4.48. The van der Waals surface area contributed by atoms with Crippen molar-refractivity contribution in [2.75, 3.05) is 10.6 Å². The normalized spacial score (nSPS) is 10.5. The second kappa shape index (κ2) is 7.82. The van der Waals surface area contributed by atoms with E-state index in [2.05, 4.69) is 15.7 Å². The van der Waals surface area contributed by atoms with Crippen LogP contribution in [0.4, 0.5) is 15.9 Å². The Balaban J connectivity index is 1.71. The van der Waals surface area contributed by atoms with E-state index in [1.54, 1.807) is 18.3 Å². The molecular weight excluding hydrogens is 382 g/mol. The quantitative estimate of drug-likeness (QED) is 0.597. The monoisotopic (exact) mass is 394 g/mol. The van der Waals surface area contributed by atoms with Gasteiger partial charge in [0.05, 0.1) is 6.54 Å². The average Bonchev–Trinajstić information content (AvgIpc) is 2.91. The maximum Gasteiger partial charge on any atom is 0.176 e. The molecule has 2 aromatic carbocycles. The van der Waals surface area contributed by atoms with Gasteiger partial charge in [-0.15, -0.1) is 0 Å². The van der Waals surface area contributed by atoms with Gasteiger partial charge in [-0.3, -0.25) is 4.68 Å². The standard InChI is InChI=1S/C17H13Cl2FN4S/c18-13-7-4-8-15(20)12(13)9-24-10-14(19)16(23-24)22-17(25)21-11-5-2-1-3-6-11/h1-8,10H,9H2,(H2,21,22,23,25). The Bertz CT molecular complexity index is 879. The summed E-state index contributed by atoms with van der Waals surface area (Å²) in [7, 11) is 0. The fourth-order valence-corrected chi connectivity index (χ4v) is 2.83. The van der Waals surface area contributed by atoms with E-state index >= 15 is 0 Å². The number of halogens is 3. The van der Waals surface area contributed by atoms with Gasteiger partial charge in [0.15, 0.2) is 10.9 Å². The first kappa shape index (κ1) is 17.7. The third-order valence-electron chi connectivity index (χ3n) is 3.36. The zero-order valence-corrected chi connectivity index (χ0v) is 15.2. The van der Waals surface area contributed by atoms with Crippen LogP contribution in [0.25, 0.3) is 0 Å². The molecule has 0 aliphatic heterocycles. The van der Waals surface area contributed by atoms with Crippen molar-refractivity contribution in [2.24, 2.45) is 0 Å². The van der Waals surface area contributed by atoms with Crippen LogP contribution in [0, 0.1) is 5.82 Å². The summed E-state index contributed by atoms with van der Waals surface area (Å²) in [4.78, 5) is 0. The van der Waals surface area contributed by atoms with Gasteiger partial charge in [-0.1, -0.05) is 47.5 Å². The lowest BCUT2D eigenvalue weighted by Gasteiger charge is -2.09. The summed E-state index contributed by atoms with van der Waals surface area (Å²) in [6.45, 7) is 0.159. The number of rotatable bonds is 4. The van der Waals surface area contributed by atoms with Crippen LogP contribution in [0.1, 0.15) is 5.56 Å². The third-order valence-corrected chi connectivity index (χ3v) is 4.20. The molecule has 0 fully saturated rings. The number of benzene rings is 2. The minimum absolute atomic E-state index is 0.159. The van der Waals surface area contributed by atoms with Crippen molar-refractivity contribution in [3.05, 3.63) is 76.2 Å². The van der Waals surface area contributed by atoms with Crippen LogP contribution in [0.5, 0.6) is 0 Å². The van der Waals surface area contributed by atoms with Crippen molar-refractivity contribution in [1.29, 1.82) is 0 Å². The fourth-order valence-electron chi connectivity index (χ4n) is 2.20. The van der Waals surface area contributed by atoms with Crippen molar-refractivity contribution in [1.82, 2.24) is 9.78 Å². The van der Waals surface area contributed by atoms with Crippen LogP contribution in [-0.4, -0.2) is 14.9 Å². The van der Waals surface area contributed by atoms with Gasteiger partial charge in [-0.05, 0) is 36.5 Å². The predicted molar refractivity (Wildman–Crippen MR) is 104 cm³/mol. The molecule has 0 spiro atoms. The summed E-state index contributed by atoms with van der Waals surface area (Å²) in [5.74, 6) is -0.0162. The topological polar surface area (TPSA) is 41.9 Å². The molecule has 0 radical (unpaired) electrons. The van der Waals surface area contributed by atoms with Crippen molar-refractivity contribution >= 4 is 52.0 Å². The second-order valence-electron chi connectivity index (χ2n) is 5.17. The molecule has 0 saturated carbocycles. The number of thiocarbonyl (C=S) groups is 1. The zero-order chi connectivity index (χ0) is 17.8. The molecule has 0 aliphatic carbocycles. The van der Waals surface area contributed by atoms with Gasteiger partial charge in [-0.25, -0.2) is 4.39 Å². The van der Waals surface area contributed by atoms with Crippen molar-refractivity contribution in [3.63, 3.8) is 0 Å². The molecular formula is C17H13Cl2FN4S. The molecule has 0 aliphatic rings. The highest BCUT2D eigenvalue weighted by Crippen LogP contribution is 2.23. The number of para-hydroxylation sites is 1. The molecule has 1 aromatic heterocycles. The number of nitrogens with zero attached hydrogens (tertiary/aromatic N) is 2. The summed E-state index contributed by atoms with van der Waals surface area (Å²) < 4.78 is 15.4. The summed E-state index contributed by atoms with van der Waals surface area (Å²) in [5, 5.41) is 11.3. The van der Waals surface area contributed by atoms with Crippen LogP contribution >= 0.6 is 35.4 Å². The number of aromatic nitrogens is 2. The van der Waals surface area contributed by atoms with E-state index in [1.807, 2.05) is 30.3 Å². The molecule has 0 atom stereocenters. The molecule has 128 valence electrons. The molecule has 0 saturated heterocycles. The Morgan fingerprint density at radius 2 is 1.80 bits per heavy atom. The highest BCUT2D eigenvalue weighted by Gasteiger charge is 2.12. The van der Waals surface area contributed by atoms with Gasteiger partial charge in [0.2, 0.25) is 0 Å². The Hall–Kier alpha value is -2.15. The maximum atomic E-state index is 13.9. The SMILES string of the molecule is Fc1cccc(Cl)c1Cn1cc(Cl)c(NC(=S)Nc2ccccc2)n1. The van der Waals surface area contributed by atoms with Crippen LogP contribution < -0.4 is 10.6 Å². The molecule has 25 heavy (non-hydrogen) atoms. The molecule has 3 rings (SSSR count). The summed E-state index contributed by atoms with van der Waals surface area (Å²) >= 11 is 17.5. The molecule has 1 heterocycles. The number of anilines is 2. The van der Waals surface area contributed by atoms with Crippen LogP contribution in [0.3, 0.4) is 0 Å². The molecule has 8 heteroatoms. The van der Waals surface area contributed by atoms with Crippen LogP contribution in [-0.2, 0) is 6.54 Å². The Labute approximate surface area is 159 Å². The number of nitrogens with one attached hydrogen (secondary N) is 2. The lowest BCUT2D eigenvalue weighted by Crippen LogP contribution is -2.19. The van der Waals surface area contributed by atoms with Crippen molar-refractivity contribution < 1.29 is 4.39 Å². The van der Waals surface area contributed by atoms with E-state index in [-0.39, 0.29) is 6.54 Å². The van der Waals surface area contributed by atoms with E-state index in [9.17, 15) is 4.39 Å². The molecule has 0 unspecified atom stereocenters. The Morgan fingerprint density at radius 3 is 2.52 bits per heavy atom. The summed E-state index contributed by atoms with van der Waals surface area (Å²) in [6.07, 6.45) is 1.58. The van der Waals surface area contributed by atoms with Crippen LogP contribution in [0.2, 0.25) is 10.0 Å². The predicted octanol–water partition coefficient (Wildman–Crippen LogP) is 5.19. The van der Waals surface area contributed by atoms with Gasteiger partial charge in [0, 0.05) is 22.5 Å². The molecule has 0 amide bonds. The number of hydrogen-bond donors (Lipinski definition) is 2. The largest absolute Gasteiger partial charge is 0.332 e. The van der Waals surface area contributed by atoms with E-state index in [4.69, 9.17) is 35.4 Å². The fraction of sp³-hybridized carbons (Fsp3) is 0.0588. The number of hydrogen-bond acceptors (Lipinski definition) is 2. The van der Waals surface area contributed by atoms with Crippen molar-refractivity contribution in [2.45, 2.75) is 6.54 Å². The van der Waals surface area contributed by atoms with E-state index < -0.39 is 5.82 Å². The second-order valence-corrected chi connectivity index (χ2v) is 6.39. The highest BCUT2D eigenvalue weighted by molar-refractivity contribution is 7.80. The minimum atomic E-state index is -0.394. The van der Waals surface area contributed by atoms with Gasteiger partial charge in [0.25, 0.3) is 0 Å². The highest BCUT2D eigenvalue weighted by atomic mass is 35.5. The average molecular weight is 395 g/mol. The maximum absolute atomic E-state index is 13.9. The molecule has 3 aromatic rings. The van der Waals surface area contributed by atoms with Gasteiger partial charge in [0.1, 0.15) is 10.8 Å². The lowest BCUT2D eigenvalue weighted by molar-refractivity contribution is 0.586. The zero-order valence-electron chi connectivity index (χ0n) is 12.8. The van der Waals surface area contributed by atoms with E-state index in [0.717, 1.165) is 5.69 Å².